The quantitative estimate of drug-likeness (QED) is 0.768. The highest BCUT2D eigenvalue weighted by molar-refractivity contribution is 7.08. The van der Waals surface area contributed by atoms with Gasteiger partial charge in [-0.3, -0.25) is 0 Å². The molecule has 90 valence electrons. The van der Waals surface area contributed by atoms with Crippen LogP contribution < -0.4 is 10.5 Å². The van der Waals surface area contributed by atoms with Gasteiger partial charge < -0.3 is 14.9 Å². The molecule has 3 aromatic rings. The molecule has 6 heteroatoms. The lowest BCUT2D eigenvalue weighted by Gasteiger charge is -2.01. The normalized spacial score (nSPS) is 10.7. The Morgan fingerprint density at radius 3 is 3.06 bits per heavy atom. The number of fused-ring (bicyclic) bond motifs is 1. The molecule has 0 atom stereocenters. The maximum atomic E-state index is 10.8. The first kappa shape index (κ1) is 10.8. The first-order valence-corrected chi connectivity index (χ1v) is 6.16. The Kier molecular flexibility index (Phi) is 2.49. The van der Waals surface area contributed by atoms with Gasteiger partial charge in [-0.25, -0.2) is 9.78 Å². The van der Waals surface area contributed by atoms with Gasteiger partial charge in [0, 0.05) is 23.3 Å². The highest BCUT2D eigenvalue weighted by Crippen LogP contribution is 2.25. The SMILES string of the molecule is NC(=O)Oc1cccn2cc(-c3ccsc3)nc12. The predicted molar refractivity (Wildman–Crippen MR) is 68.7 cm³/mol. The highest BCUT2D eigenvalue weighted by Gasteiger charge is 2.10. The predicted octanol–water partition coefficient (Wildman–Crippen LogP) is 2.52. The van der Waals surface area contributed by atoms with Crippen LogP contribution in [0.2, 0.25) is 0 Å². The minimum atomic E-state index is -0.844. The van der Waals surface area contributed by atoms with E-state index in [2.05, 4.69) is 4.98 Å². The molecule has 0 aliphatic heterocycles. The molecule has 5 nitrogen and oxygen atoms in total. The first-order valence-electron chi connectivity index (χ1n) is 5.21. The molecular formula is C12H9N3O2S. The highest BCUT2D eigenvalue weighted by atomic mass is 32.1. The average molecular weight is 259 g/mol. The summed E-state index contributed by atoms with van der Waals surface area (Å²) >= 11 is 1.60. The number of imidazole rings is 1. The van der Waals surface area contributed by atoms with Crippen molar-refractivity contribution in [1.29, 1.82) is 0 Å². The molecule has 2 N–H and O–H groups in total. The van der Waals surface area contributed by atoms with Crippen molar-refractivity contribution >= 4 is 23.1 Å². The number of thiophene rings is 1. The van der Waals surface area contributed by atoms with Crippen LogP contribution in [-0.2, 0) is 0 Å². The van der Waals surface area contributed by atoms with Crippen molar-refractivity contribution in [3.8, 4) is 17.0 Å². The van der Waals surface area contributed by atoms with Crippen molar-refractivity contribution in [3.63, 3.8) is 0 Å². The minimum Gasteiger partial charge on any atom is -0.406 e. The van der Waals surface area contributed by atoms with E-state index in [9.17, 15) is 4.79 Å². The number of pyridine rings is 1. The molecule has 0 aromatic carbocycles. The van der Waals surface area contributed by atoms with E-state index in [1.165, 1.54) is 0 Å². The van der Waals surface area contributed by atoms with Crippen LogP contribution in [0.5, 0.6) is 5.75 Å². The lowest BCUT2D eigenvalue weighted by Crippen LogP contribution is -2.16. The smallest absolute Gasteiger partial charge is 0.406 e. The second-order valence-electron chi connectivity index (χ2n) is 3.66. The van der Waals surface area contributed by atoms with E-state index >= 15 is 0 Å². The number of carbonyl (C=O) groups excluding carboxylic acids is 1. The number of aromatic nitrogens is 2. The van der Waals surface area contributed by atoms with Crippen LogP contribution in [0.25, 0.3) is 16.9 Å². The number of hydrogen-bond donors (Lipinski definition) is 1. The summed E-state index contributed by atoms with van der Waals surface area (Å²) in [6, 6.07) is 5.41. The lowest BCUT2D eigenvalue weighted by atomic mass is 10.3. The van der Waals surface area contributed by atoms with E-state index in [-0.39, 0.29) is 0 Å². The summed E-state index contributed by atoms with van der Waals surface area (Å²) in [5.41, 5.74) is 7.45. The van der Waals surface area contributed by atoms with E-state index in [1.807, 2.05) is 29.2 Å². The van der Waals surface area contributed by atoms with Gasteiger partial charge in [0.1, 0.15) is 0 Å². The Hall–Kier alpha value is -2.34. The summed E-state index contributed by atoms with van der Waals surface area (Å²) in [6.45, 7) is 0. The third kappa shape index (κ3) is 1.82. The Balaban J connectivity index is 2.14. The zero-order chi connectivity index (χ0) is 12.5. The number of nitrogens with zero attached hydrogens (tertiary/aromatic N) is 2. The zero-order valence-corrected chi connectivity index (χ0v) is 10.1. The Bertz CT molecular complexity index is 703. The molecule has 0 saturated heterocycles. The topological polar surface area (TPSA) is 69.6 Å². The Labute approximate surface area is 106 Å². The molecule has 3 rings (SSSR count). The molecule has 0 aliphatic carbocycles. The molecule has 0 saturated carbocycles. The Morgan fingerprint density at radius 2 is 2.33 bits per heavy atom. The van der Waals surface area contributed by atoms with E-state index < -0.39 is 6.09 Å². The van der Waals surface area contributed by atoms with Gasteiger partial charge in [0.25, 0.3) is 0 Å². The van der Waals surface area contributed by atoms with Gasteiger partial charge in [0.05, 0.1) is 5.69 Å². The fraction of sp³-hybridized carbons (Fsp3) is 0. The third-order valence-electron chi connectivity index (χ3n) is 2.47. The number of ether oxygens (including phenoxy) is 1. The number of primary amides is 1. The van der Waals surface area contributed by atoms with E-state index in [1.54, 1.807) is 27.9 Å². The fourth-order valence-corrected chi connectivity index (χ4v) is 2.37. The second kappa shape index (κ2) is 4.15. The molecule has 0 unspecified atom stereocenters. The van der Waals surface area contributed by atoms with Crippen LogP contribution in [0.3, 0.4) is 0 Å². The third-order valence-corrected chi connectivity index (χ3v) is 3.16. The van der Waals surface area contributed by atoms with Crippen molar-refractivity contribution in [2.24, 2.45) is 5.73 Å². The van der Waals surface area contributed by atoms with E-state index in [0.29, 0.717) is 11.4 Å². The standard InChI is InChI=1S/C12H9N3O2S/c13-12(16)17-10-2-1-4-15-6-9(14-11(10)15)8-3-5-18-7-8/h1-7H,(H2,13,16). The van der Waals surface area contributed by atoms with Crippen molar-refractivity contribution in [2.75, 3.05) is 0 Å². The summed E-state index contributed by atoms with van der Waals surface area (Å²) < 4.78 is 6.71. The zero-order valence-electron chi connectivity index (χ0n) is 9.24. The molecule has 0 spiro atoms. The maximum Gasteiger partial charge on any atom is 0.410 e. The van der Waals surface area contributed by atoms with Crippen molar-refractivity contribution in [2.45, 2.75) is 0 Å². The van der Waals surface area contributed by atoms with Gasteiger partial charge in [0.2, 0.25) is 0 Å². The van der Waals surface area contributed by atoms with Gasteiger partial charge in [-0.05, 0) is 23.6 Å². The van der Waals surface area contributed by atoms with Crippen LogP contribution in [0.15, 0.2) is 41.4 Å². The second-order valence-corrected chi connectivity index (χ2v) is 4.44. The van der Waals surface area contributed by atoms with Crippen LogP contribution in [0.4, 0.5) is 4.79 Å². The summed E-state index contributed by atoms with van der Waals surface area (Å²) in [7, 11) is 0. The van der Waals surface area contributed by atoms with Crippen molar-refractivity contribution in [1.82, 2.24) is 9.38 Å². The maximum absolute atomic E-state index is 10.8. The van der Waals surface area contributed by atoms with E-state index in [0.717, 1.165) is 11.3 Å². The number of carbonyl (C=O) groups is 1. The minimum absolute atomic E-state index is 0.353. The molecular weight excluding hydrogens is 250 g/mol. The Morgan fingerprint density at radius 1 is 1.44 bits per heavy atom. The van der Waals surface area contributed by atoms with Gasteiger partial charge in [0.15, 0.2) is 11.4 Å². The largest absolute Gasteiger partial charge is 0.410 e. The van der Waals surface area contributed by atoms with Gasteiger partial charge in [-0.15, -0.1) is 0 Å². The van der Waals surface area contributed by atoms with Crippen molar-refractivity contribution < 1.29 is 9.53 Å². The van der Waals surface area contributed by atoms with Crippen LogP contribution in [0.1, 0.15) is 0 Å². The van der Waals surface area contributed by atoms with Gasteiger partial charge >= 0.3 is 6.09 Å². The molecule has 18 heavy (non-hydrogen) atoms. The van der Waals surface area contributed by atoms with Gasteiger partial charge in [-0.2, -0.15) is 11.3 Å². The molecule has 3 heterocycles. The van der Waals surface area contributed by atoms with E-state index in [4.69, 9.17) is 10.5 Å². The van der Waals surface area contributed by atoms with Gasteiger partial charge in [-0.1, -0.05) is 0 Å². The first-order chi connectivity index (χ1) is 8.74. The molecule has 0 radical (unpaired) electrons. The fourth-order valence-electron chi connectivity index (χ4n) is 1.72. The molecule has 0 bridgehead atoms. The van der Waals surface area contributed by atoms with Crippen molar-refractivity contribution in [3.05, 3.63) is 41.4 Å². The number of rotatable bonds is 2. The van der Waals surface area contributed by atoms with Crippen LogP contribution in [-0.4, -0.2) is 15.5 Å². The molecule has 1 amide bonds. The van der Waals surface area contributed by atoms with Crippen LogP contribution >= 0.6 is 11.3 Å². The average Bonchev–Trinajstić information content (AvgIpc) is 2.97. The molecule has 0 fully saturated rings. The summed E-state index contributed by atoms with van der Waals surface area (Å²) in [6.07, 6.45) is 2.88. The summed E-state index contributed by atoms with van der Waals surface area (Å²) in [5, 5.41) is 4.00. The number of hydrogen-bond acceptors (Lipinski definition) is 4. The summed E-state index contributed by atoms with van der Waals surface area (Å²) in [4.78, 5) is 15.3. The summed E-state index contributed by atoms with van der Waals surface area (Å²) in [5.74, 6) is 0.353. The molecule has 0 aliphatic rings. The lowest BCUT2D eigenvalue weighted by molar-refractivity contribution is 0.211. The monoisotopic (exact) mass is 259 g/mol. The number of amides is 1. The molecule has 3 aromatic heterocycles. The van der Waals surface area contributed by atoms with Crippen LogP contribution in [0, 0.1) is 0 Å². The number of nitrogens with two attached hydrogens (primary N) is 1.